The summed E-state index contributed by atoms with van der Waals surface area (Å²) in [4.78, 5) is 10.3. The summed E-state index contributed by atoms with van der Waals surface area (Å²) in [6, 6.07) is 0. The molecule has 0 aromatic rings. The van der Waals surface area contributed by atoms with E-state index >= 15 is 0 Å². The molecule has 1 unspecified atom stereocenters. The van der Waals surface area contributed by atoms with Crippen molar-refractivity contribution in [3.63, 3.8) is 0 Å². The van der Waals surface area contributed by atoms with Crippen LogP contribution in [-0.4, -0.2) is 30.2 Å². The molecular formula is C6H14NO2PS2. The highest BCUT2D eigenvalue weighted by Gasteiger charge is 2.01. The highest BCUT2D eigenvalue weighted by atomic mass is 33.1. The minimum atomic E-state index is -1.54. The van der Waals surface area contributed by atoms with Gasteiger partial charge < -0.3 is 10.3 Å². The van der Waals surface area contributed by atoms with Crippen LogP contribution in [0.15, 0.2) is 0 Å². The van der Waals surface area contributed by atoms with E-state index in [0.717, 1.165) is 11.9 Å². The van der Waals surface area contributed by atoms with E-state index in [-0.39, 0.29) is 12.3 Å². The third kappa shape index (κ3) is 8.50. The molecule has 6 heteroatoms. The molecule has 12 heavy (non-hydrogen) atoms. The van der Waals surface area contributed by atoms with Gasteiger partial charge in [-0.05, 0) is 6.26 Å². The first-order valence-corrected chi connectivity index (χ1v) is 8.17. The van der Waals surface area contributed by atoms with Gasteiger partial charge in [0.15, 0.2) is 0 Å². The number of carbonyl (C=O) groups is 1. The summed E-state index contributed by atoms with van der Waals surface area (Å²) in [5.41, 5.74) is 4.92. The zero-order valence-electron chi connectivity index (χ0n) is 7.04. The van der Waals surface area contributed by atoms with Crippen LogP contribution in [-0.2, 0) is 9.36 Å². The molecule has 1 amide bonds. The minimum Gasteiger partial charge on any atom is -0.370 e. The second-order valence-electron chi connectivity index (χ2n) is 2.24. The van der Waals surface area contributed by atoms with Gasteiger partial charge in [0.05, 0.1) is 7.80 Å². The second-order valence-corrected chi connectivity index (χ2v) is 7.01. The molecule has 0 saturated carbocycles. The number of amides is 1. The fourth-order valence-electron chi connectivity index (χ4n) is 0.626. The number of rotatable bonds is 7. The Labute approximate surface area is 81.4 Å². The molecule has 72 valence electrons. The molecule has 0 spiro atoms. The first-order chi connectivity index (χ1) is 5.66. The Kier molecular flexibility index (Phi) is 8.29. The van der Waals surface area contributed by atoms with Gasteiger partial charge in [0.1, 0.15) is 0 Å². The smallest absolute Gasteiger partial charge is 0.217 e. The molecule has 0 aliphatic carbocycles. The van der Waals surface area contributed by atoms with Crippen molar-refractivity contribution in [2.75, 3.05) is 24.3 Å². The number of hydrogen-bond acceptors (Lipinski definition) is 4. The third-order valence-electron chi connectivity index (χ3n) is 1.23. The van der Waals surface area contributed by atoms with E-state index in [1.807, 2.05) is 6.26 Å². The van der Waals surface area contributed by atoms with E-state index in [0.29, 0.717) is 6.16 Å². The summed E-state index contributed by atoms with van der Waals surface area (Å²) in [6.45, 7) is 0. The molecule has 0 aromatic heterocycles. The maximum atomic E-state index is 11.2. The Balaban J connectivity index is 3.28. The predicted molar refractivity (Wildman–Crippen MR) is 58.5 cm³/mol. The highest BCUT2D eigenvalue weighted by molar-refractivity contribution is 8.76. The van der Waals surface area contributed by atoms with Crippen LogP contribution in [0.3, 0.4) is 0 Å². The van der Waals surface area contributed by atoms with Gasteiger partial charge in [0.25, 0.3) is 0 Å². The van der Waals surface area contributed by atoms with Gasteiger partial charge in [-0.3, -0.25) is 4.79 Å². The van der Waals surface area contributed by atoms with Crippen molar-refractivity contribution in [2.45, 2.75) is 6.42 Å². The van der Waals surface area contributed by atoms with Crippen LogP contribution in [0.4, 0.5) is 0 Å². The molecule has 0 bridgehead atoms. The molecule has 3 nitrogen and oxygen atoms in total. The number of hydrogen-bond donors (Lipinski definition) is 1. The van der Waals surface area contributed by atoms with Crippen molar-refractivity contribution in [3.05, 3.63) is 0 Å². The quantitative estimate of drug-likeness (QED) is 0.406. The van der Waals surface area contributed by atoms with Crippen LogP contribution < -0.4 is 5.73 Å². The van der Waals surface area contributed by atoms with E-state index in [9.17, 15) is 9.36 Å². The molecule has 0 aliphatic rings. The fourth-order valence-corrected chi connectivity index (χ4v) is 4.06. The monoisotopic (exact) mass is 227 g/mol. The number of carbonyl (C=O) groups excluding carboxylic acids is 1. The molecule has 0 aliphatic heterocycles. The highest BCUT2D eigenvalue weighted by Crippen LogP contribution is 2.26. The Morgan fingerprint density at radius 2 is 2.17 bits per heavy atom. The summed E-state index contributed by atoms with van der Waals surface area (Å²) in [7, 11) is 1.82. The van der Waals surface area contributed by atoms with Crippen LogP contribution in [0, 0.1) is 0 Å². The fraction of sp³-hybridized carbons (Fsp3) is 0.833. The molecule has 0 radical (unpaired) electrons. The SMILES string of the molecule is CSSCC[PH](=O)CCC(N)=O. The van der Waals surface area contributed by atoms with E-state index in [1.54, 1.807) is 21.6 Å². The van der Waals surface area contributed by atoms with Gasteiger partial charge in [0.2, 0.25) is 5.91 Å². The van der Waals surface area contributed by atoms with Gasteiger partial charge in [-0.25, -0.2) is 0 Å². The first kappa shape index (κ1) is 12.4. The maximum Gasteiger partial charge on any atom is 0.217 e. The largest absolute Gasteiger partial charge is 0.370 e. The van der Waals surface area contributed by atoms with Crippen LogP contribution in [0.2, 0.25) is 0 Å². The second kappa shape index (κ2) is 8.02. The Morgan fingerprint density at radius 1 is 1.50 bits per heavy atom. The van der Waals surface area contributed by atoms with Crippen molar-refractivity contribution < 1.29 is 9.36 Å². The predicted octanol–water partition coefficient (Wildman–Crippen LogP) is 1.43. The molecule has 0 aromatic carbocycles. The first-order valence-electron chi connectivity index (χ1n) is 3.62. The lowest BCUT2D eigenvalue weighted by Gasteiger charge is -1.98. The number of nitrogens with two attached hydrogens (primary N) is 1. The number of primary amides is 1. The lowest BCUT2D eigenvalue weighted by Crippen LogP contribution is -2.11. The van der Waals surface area contributed by atoms with E-state index in [4.69, 9.17) is 5.73 Å². The molecule has 1 atom stereocenters. The van der Waals surface area contributed by atoms with Crippen molar-refractivity contribution in [3.8, 4) is 0 Å². The minimum absolute atomic E-state index is 0.266. The molecule has 2 N–H and O–H groups in total. The van der Waals surface area contributed by atoms with Crippen LogP contribution >= 0.6 is 29.4 Å². The van der Waals surface area contributed by atoms with Gasteiger partial charge >= 0.3 is 0 Å². The Morgan fingerprint density at radius 3 is 2.67 bits per heavy atom. The summed E-state index contributed by atoms with van der Waals surface area (Å²) < 4.78 is 11.2. The summed E-state index contributed by atoms with van der Waals surface area (Å²) >= 11 is 0. The van der Waals surface area contributed by atoms with E-state index < -0.39 is 7.80 Å². The van der Waals surface area contributed by atoms with Crippen molar-refractivity contribution in [2.24, 2.45) is 5.73 Å². The van der Waals surface area contributed by atoms with Crippen molar-refractivity contribution in [1.82, 2.24) is 0 Å². The van der Waals surface area contributed by atoms with Crippen LogP contribution in [0.1, 0.15) is 6.42 Å². The Bertz CT molecular complexity index is 166. The summed E-state index contributed by atoms with van der Waals surface area (Å²) in [5.74, 6) is 0.545. The molecule has 0 heterocycles. The lowest BCUT2D eigenvalue weighted by atomic mass is 10.5. The van der Waals surface area contributed by atoms with Crippen LogP contribution in [0.25, 0.3) is 0 Å². The molecule has 0 saturated heterocycles. The van der Waals surface area contributed by atoms with Crippen LogP contribution in [0.5, 0.6) is 0 Å². The molecule has 0 rings (SSSR count). The lowest BCUT2D eigenvalue weighted by molar-refractivity contribution is -0.117. The summed E-state index contributed by atoms with van der Waals surface area (Å²) in [5, 5.41) is 0. The van der Waals surface area contributed by atoms with E-state index in [2.05, 4.69) is 0 Å². The van der Waals surface area contributed by atoms with E-state index in [1.165, 1.54) is 0 Å². The maximum absolute atomic E-state index is 11.2. The standard InChI is InChI=1S/C6H14NO2PS2/c1-11-12-5-4-10(9)3-2-6(7)8/h10H,2-5H2,1H3,(H2,7,8). The zero-order chi connectivity index (χ0) is 9.40. The van der Waals surface area contributed by atoms with Crippen molar-refractivity contribution >= 4 is 35.3 Å². The van der Waals surface area contributed by atoms with Crippen molar-refractivity contribution in [1.29, 1.82) is 0 Å². The molecule has 0 fully saturated rings. The van der Waals surface area contributed by atoms with Gasteiger partial charge in [-0.2, -0.15) is 0 Å². The zero-order valence-corrected chi connectivity index (χ0v) is 9.67. The van der Waals surface area contributed by atoms with Gasteiger partial charge in [0, 0.05) is 24.5 Å². The van der Waals surface area contributed by atoms with Gasteiger partial charge in [-0.1, -0.05) is 21.6 Å². The average molecular weight is 227 g/mol. The topological polar surface area (TPSA) is 60.2 Å². The molecular weight excluding hydrogens is 213 g/mol. The van der Waals surface area contributed by atoms with Gasteiger partial charge in [-0.15, -0.1) is 0 Å². The average Bonchev–Trinajstić information content (AvgIpc) is 2.01. The Hall–Kier alpha value is 0.400. The summed E-state index contributed by atoms with van der Waals surface area (Å²) in [6.07, 6.45) is 3.46. The third-order valence-corrected chi connectivity index (χ3v) is 5.02. The normalized spacial score (nSPS) is 12.8.